The van der Waals surface area contributed by atoms with Crippen LogP contribution in [0.15, 0.2) is 205 Å². The van der Waals surface area contributed by atoms with Crippen LogP contribution in [0.25, 0.3) is 76.9 Å². The minimum atomic E-state index is 0.153. The average molecular weight is 677 g/mol. The van der Waals surface area contributed by atoms with E-state index in [9.17, 15) is 0 Å². The molecule has 0 bridgehead atoms. The van der Waals surface area contributed by atoms with Crippen LogP contribution in [0.4, 0.5) is 0 Å². The van der Waals surface area contributed by atoms with Crippen LogP contribution in [0.2, 0.25) is 0 Å². The standard InChI is InChI=1S/C52H36O/c1-3-11-36(12-4-1)39-21-19-35(20-22-39)31-47(41-26-23-40(24-27-41)37-13-5-2-6-14-37)44-29-30-50-49(33-44)52-46-18-10-9-17-45(46)48(34-51(52)53-50)43-28-25-38-15-7-8-16-42(38)32-43/h1-30,32-34,47H,31H2. The summed E-state index contributed by atoms with van der Waals surface area (Å²) >= 11 is 0. The lowest BCUT2D eigenvalue weighted by Crippen LogP contribution is -2.05. The van der Waals surface area contributed by atoms with Crippen LogP contribution in [0.1, 0.15) is 22.6 Å². The van der Waals surface area contributed by atoms with Crippen LogP contribution in [-0.2, 0) is 6.42 Å². The van der Waals surface area contributed by atoms with Crippen molar-refractivity contribution in [1.82, 2.24) is 0 Å². The number of benzene rings is 9. The number of hydrogen-bond acceptors (Lipinski definition) is 1. The van der Waals surface area contributed by atoms with Crippen molar-refractivity contribution >= 4 is 43.5 Å². The fourth-order valence-electron chi connectivity index (χ4n) is 8.14. The lowest BCUT2D eigenvalue weighted by Gasteiger charge is -2.20. The molecule has 10 aromatic rings. The molecule has 0 fully saturated rings. The Bertz CT molecular complexity index is 2880. The lowest BCUT2D eigenvalue weighted by molar-refractivity contribution is 0.669. The van der Waals surface area contributed by atoms with Crippen molar-refractivity contribution in [1.29, 1.82) is 0 Å². The summed E-state index contributed by atoms with van der Waals surface area (Å²) in [6, 6.07) is 72.7. The third-order valence-electron chi connectivity index (χ3n) is 10.9. The highest BCUT2D eigenvalue weighted by Crippen LogP contribution is 2.42. The highest BCUT2D eigenvalue weighted by atomic mass is 16.3. The van der Waals surface area contributed by atoms with Crippen molar-refractivity contribution in [2.45, 2.75) is 12.3 Å². The van der Waals surface area contributed by atoms with E-state index in [1.807, 2.05) is 0 Å². The van der Waals surface area contributed by atoms with Crippen LogP contribution in [-0.4, -0.2) is 0 Å². The molecule has 53 heavy (non-hydrogen) atoms. The molecule has 10 rings (SSSR count). The predicted octanol–water partition coefficient (Wildman–Crippen LogP) is 14.3. The van der Waals surface area contributed by atoms with E-state index in [0.29, 0.717) is 0 Å². The molecule has 0 saturated carbocycles. The monoisotopic (exact) mass is 676 g/mol. The molecule has 0 aliphatic carbocycles. The molecule has 0 aliphatic rings. The van der Waals surface area contributed by atoms with Gasteiger partial charge in [-0.1, -0.05) is 176 Å². The molecule has 0 aliphatic heterocycles. The van der Waals surface area contributed by atoms with Gasteiger partial charge in [0.05, 0.1) is 0 Å². The van der Waals surface area contributed by atoms with Crippen molar-refractivity contribution in [3.8, 4) is 33.4 Å². The molecule has 0 N–H and O–H groups in total. The molecule has 1 heteroatoms. The predicted molar refractivity (Wildman–Crippen MR) is 223 cm³/mol. The van der Waals surface area contributed by atoms with Crippen LogP contribution in [0.5, 0.6) is 0 Å². The summed E-state index contributed by atoms with van der Waals surface area (Å²) in [6.45, 7) is 0. The summed E-state index contributed by atoms with van der Waals surface area (Å²) < 4.78 is 6.69. The second-order valence-corrected chi connectivity index (χ2v) is 14.1. The van der Waals surface area contributed by atoms with E-state index in [0.717, 1.165) is 23.0 Å². The Morgan fingerprint density at radius 3 is 1.64 bits per heavy atom. The highest BCUT2D eigenvalue weighted by molar-refractivity contribution is 6.22. The first-order chi connectivity index (χ1) is 26.2. The van der Waals surface area contributed by atoms with Crippen molar-refractivity contribution in [2.24, 2.45) is 0 Å². The molecule has 1 heterocycles. The van der Waals surface area contributed by atoms with Gasteiger partial charge in [-0.3, -0.25) is 0 Å². The Kier molecular flexibility index (Phi) is 7.69. The second-order valence-electron chi connectivity index (χ2n) is 14.1. The molecular formula is C52H36O. The largest absolute Gasteiger partial charge is 0.456 e. The molecule has 1 unspecified atom stereocenters. The Hall–Kier alpha value is -6.70. The highest BCUT2D eigenvalue weighted by Gasteiger charge is 2.20. The Morgan fingerprint density at radius 2 is 0.925 bits per heavy atom. The molecular weight excluding hydrogens is 641 g/mol. The van der Waals surface area contributed by atoms with E-state index in [1.54, 1.807) is 0 Å². The van der Waals surface area contributed by atoms with Crippen LogP contribution >= 0.6 is 0 Å². The minimum Gasteiger partial charge on any atom is -0.456 e. The SMILES string of the molecule is c1ccc(-c2ccc(CC(c3ccc(-c4ccccc4)cc3)c3ccc4oc5cc(-c6ccc7ccccc7c6)c6ccccc6c5c4c3)cc2)cc1. The maximum absolute atomic E-state index is 6.69. The van der Waals surface area contributed by atoms with E-state index < -0.39 is 0 Å². The molecule has 1 nitrogen and oxygen atoms in total. The molecule has 9 aromatic carbocycles. The van der Waals surface area contributed by atoms with Gasteiger partial charge < -0.3 is 4.42 Å². The van der Waals surface area contributed by atoms with Gasteiger partial charge in [0, 0.05) is 16.7 Å². The van der Waals surface area contributed by atoms with Gasteiger partial charge in [0.15, 0.2) is 0 Å². The Labute approximate surface area is 309 Å². The fourth-order valence-corrected chi connectivity index (χ4v) is 8.14. The van der Waals surface area contributed by atoms with E-state index in [4.69, 9.17) is 4.42 Å². The van der Waals surface area contributed by atoms with Crippen molar-refractivity contribution in [3.63, 3.8) is 0 Å². The smallest absolute Gasteiger partial charge is 0.136 e. The Balaban J connectivity index is 1.10. The maximum Gasteiger partial charge on any atom is 0.136 e. The van der Waals surface area contributed by atoms with E-state index in [1.165, 1.54) is 77.0 Å². The van der Waals surface area contributed by atoms with Gasteiger partial charge >= 0.3 is 0 Å². The number of rotatable bonds is 7. The average Bonchev–Trinajstić information content (AvgIpc) is 3.61. The van der Waals surface area contributed by atoms with Gasteiger partial charge in [0.25, 0.3) is 0 Å². The van der Waals surface area contributed by atoms with E-state index in [2.05, 4.69) is 200 Å². The van der Waals surface area contributed by atoms with Gasteiger partial charge in [-0.15, -0.1) is 0 Å². The summed E-state index contributed by atoms with van der Waals surface area (Å²) in [5.41, 5.74) is 13.0. The minimum absolute atomic E-state index is 0.153. The van der Waals surface area contributed by atoms with Crippen LogP contribution < -0.4 is 0 Å². The summed E-state index contributed by atoms with van der Waals surface area (Å²) in [5, 5.41) is 7.26. The number of furan rings is 1. The number of hydrogen-bond donors (Lipinski definition) is 0. The first-order valence-electron chi connectivity index (χ1n) is 18.4. The summed E-state index contributed by atoms with van der Waals surface area (Å²) in [7, 11) is 0. The first kappa shape index (κ1) is 31.1. The van der Waals surface area contributed by atoms with Crippen molar-refractivity contribution < 1.29 is 4.42 Å². The topological polar surface area (TPSA) is 13.1 Å². The third-order valence-corrected chi connectivity index (χ3v) is 10.9. The van der Waals surface area contributed by atoms with E-state index >= 15 is 0 Å². The summed E-state index contributed by atoms with van der Waals surface area (Å²) in [4.78, 5) is 0. The third kappa shape index (κ3) is 5.77. The maximum atomic E-state index is 6.69. The van der Waals surface area contributed by atoms with Gasteiger partial charge in [0.2, 0.25) is 0 Å². The molecule has 250 valence electrons. The van der Waals surface area contributed by atoms with Crippen molar-refractivity contribution in [2.75, 3.05) is 0 Å². The molecule has 1 atom stereocenters. The first-order valence-corrected chi connectivity index (χ1v) is 18.4. The zero-order valence-electron chi connectivity index (χ0n) is 29.2. The molecule has 0 radical (unpaired) electrons. The molecule has 0 saturated heterocycles. The summed E-state index contributed by atoms with van der Waals surface area (Å²) in [5.74, 6) is 0.153. The molecule has 1 aromatic heterocycles. The quantitative estimate of drug-likeness (QED) is 0.164. The normalized spacial score (nSPS) is 12.2. The second kappa shape index (κ2) is 13.1. The van der Waals surface area contributed by atoms with Gasteiger partial charge in [0.1, 0.15) is 11.2 Å². The fraction of sp³-hybridized carbons (Fsp3) is 0.0385. The van der Waals surface area contributed by atoms with Gasteiger partial charge in [-0.2, -0.15) is 0 Å². The molecule has 0 spiro atoms. The zero-order valence-corrected chi connectivity index (χ0v) is 29.2. The Morgan fingerprint density at radius 1 is 0.358 bits per heavy atom. The van der Waals surface area contributed by atoms with Crippen LogP contribution in [0.3, 0.4) is 0 Å². The zero-order chi connectivity index (χ0) is 35.1. The van der Waals surface area contributed by atoms with Gasteiger partial charge in [-0.05, 0) is 102 Å². The number of fused-ring (bicyclic) bond motifs is 6. The van der Waals surface area contributed by atoms with Crippen LogP contribution in [0, 0.1) is 0 Å². The van der Waals surface area contributed by atoms with Gasteiger partial charge in [-0.25, -0.2) is 0 Å². The van der Waals surface area contributed by atoms with Crippen molar-refractivity contribution in [3.05, 3.63) is 217 Å². The lowest BCUT2D eigenvalue weighted by atomic mass is 9.84. The van der Waals surface area contributed by atoms with E-state index in [-0.39, 0.29) is 5.92 Å². The summed E-state index contributed by atoms with van der Waals surface area (Å²) in [6.07, 6.45) is 0.883. The molecule has 0 amide bonds.